The third-order valence-electron chi connectivity index (χ3n) is 3.07. The van der Waals surface area contributed by atoms with Crippen molar-refractivity contribution >= 4 is 11.3 Å². The first-order valence-corrected chi connectivity index (χ1v) is 7.06. The Morgan fingerprint density at radius 2 is 2.25 bits per heavy atom. The highest BCUT2D eigenvalue weighted by Crippen LogP contribution is 2.09. The van der Waals surface area contributed by atoms with Crippen LogP contribution in [-0.4, -0.2) is 35.6 Å². The highest BCUT2D eigenvalue weighted by Gasteiger charge is 2.12. The van der Waals surface area contributed by atoms with Crippen molar-refractivity contribution in [3.05, 3.63) is 16.6 Å². The summed E-state index contributed by atoms with van der Waals surface area (Å²) in [4.78, 5) is 6.85. The van der Waals surface area contributed by atoms with Crippen molar-refractivity contribution < 1.29 is 0 Å². The van der Waals surface area contributed by atoms with Gasteiger partial charge in [-0.05, 0) is 32.9 Å². The Hall–Kier alpha value is -0.450. The van der Waals surface area contributed by atoms with E-state index in [1.807, 2.05) is 11.6 Å². The van der Waals surface area contributed by atoms with Crippen LogP contribution in [0.5, 0.6) is 0 Å². The molecule has 1 aliphatic rings. The van der Waals surface area contributed by atoms with Crippen LogP contribution in [0.25, 0.3) is 0 Å². The van der Waals surface area contributed by atoms with E-state index in [0.717, 1.165) is 6.54 Å². The minimum absolute atomic E-state index is 0.557. The second-order valence-electron chi connectivity index (χ2n) is 4.57. The second kappa shape index (κ2) is 6.33. The van der Waals surface area contributed by atoms with Gasteiger partial charge in [0.05, 0.1) is 0 Å². The van der Waals surface area contributed by atoms with Crippen molar-refractivity contribution in [1.82, 2.24) is 15.2 Å². The number of nitrogens with zero attached hydrogens (tertiary/aromatic N) is 2. The fourth-order valence-corrected chi connectivity index (χ4v) is 2.76. The van der Waals surface area contributed by atoms with Crippen LogP contribution < -0.4 is 5.32 Å². The Morgan fingerprint density at radius 3 is 2.94 bits per heavy atom. The average Bonchev–Trinajstić information content (AvgIpc) is 2.81. The second-order valence-corrected chi connectivity index (χ2v) is 5.55. The Labute approximate surface area is 102 Å². The normalized spacial score (nSPS) is 19.8. The molecule has 0 spiro atoms. The number of rotatable bonds is 5. The first-order chi connectivity index (χ1) is 7.84. The fraction of sp³-hybridized carbons (Fsp3) is 0.750. The molecule has 2 heterocycles. The summed E-state index contributed by atoms with van der Waals surface area (Å²) >= 11 is 1.72. The van der Waals surface area contributed by atoms with Gasteiger partial charge >= 0.3 is 0 Å². The van der Waals surface area contributed by atoms with Gasteiger partial charge in [0.1, 0.15) is 5.01 Å². The Balaban J connectivity index is 1.65. The summed E-state index contributed by atoms with van der Waals surface area (Å²) in [6, 6.07) is 0.557. The molecule has 0 aromatic carbocycles. The van der Waals surface area contributed by atoms with E-state index in [0.29, 0.717) is 6.04 Å². The van der Waals surface area contributed by atoms with Gasteiger partial charge in [-0.2, -0.15) is 0 Å². The third kappa shape index (κ3) is 3.85. The van der Waals surface area contributed by atoms with Gasteiger partial charge in [-0.3, -0.25) is 0 Å². The molecule has 1 aromatic heterocycles. The van der Waals surface area contributed by atoms with Gasteiger partial charge in [0.15, 0.2) is 0 Å². The van der Waals surface area contributed by atoms with Crippen LogP contribution in [0.15, 0.2) is 11.6 Å². The Kier molecular flexibility index (Phi) is 4.75. The number of aromatic nitrogens is 1. The molecule has 1 aliphatic heterocycles. The summed E-state index contributed by atoms with van der Waals surface area (Å²) in [7, 11) is 0. The van der Waals surface area contributed by atoms with Crippen LogP contribution in [-0.2, 0) is 6.54 Å². The smallest absolute Gasteiger partial charge is 0.106 e. The number of likely N-dealkylation sites (tertiary alicyclic amines) is 1. The zero-order valence-corrected chi connectivity index (χ0v) is 10.8. The summed E-state index contributed by atoms with van der Waals surface area (Å²) in [6.07, 6.45) is 6.03. The standard InChI is InChI=1S/C12H21N3S/c1-11(10-15-6-3-2-4-7-15)14-9-12-13-5-8-16-12/h5,8,11,14H,2-4,6-7,9-10H2,1H3. The molecule has 4 heteroatoms. The van der Waals surface area contributed by atoms with Crippen LogP contribution in [0.1, 0.15) is 31.2 Å². The molecular formula is C12H21N3S. The molecule has 1 N–H and O–H groups in total. The summed E-state index contributed by atoms with van der Waals surface area (Å²) in [6.45, 7) is 6.91. The van der Waals surface area contributed by atoms with E-state index in [1.54, 1.807) is 11.3 Å². The largest absolute Gasteiger partial charge is 0.307 e. The molecule has 16 heavy (non-hydrogen) atoms. The summed E-state index contributed by atoms with van der Waals surface area (Å²) in [5.41, 5.74) is 0. The highest BCUT2D eigenvalue weighted by molar-refractivity contribution is 7.09. The first kappa shape index (κ1) is 12.0. The van der Waals surface area contributed by atoms with Crippen molar-refractivity contribution in [3.8, 4) is 0 Å². The molecule has 2 rings (SSSR count). The van der Waals surface area contributed by atoms with Crippen LogP contribution in [0.4, 0.5) is 0 Å². The molecule has 0 bridgehead atoms. The summed E-state index contributed by atoms with van der Waals surface area (Å²) in [5.74, 6) is 0. The maximum Gasteiger partial charge on any atom is 0.106 e. The molecule has 1 fully saturated rings. The topological polar surface area (TPSA) is 28.2 Å². The maximum absolute atomic E-state index is 4.28. The Morgan fingerprint density at radius 1 is 1.44 bits per heavy atom. The van der Waals surface area contributed by atoms with Gasteiger partial charge in [0.25, 0.3) is 0 Å². The van der Waals surface area contributed by atoms with E-state index >= 15 is 0 Å². The number of nitrogens with one attached hydrogen (secondary N) is 1. The first-order valence-electron chi connectivity index (χ1n) is 6.19. The van der Waals surface area contributed by atoms with E-state index in [-0.39, 0.29) is 0 Å². The molecule has 0 saturated carbocycles. The molecule has 1 aromatic rings. The zero-order chi connectivity index (χ0) is 11.2. The van der Waals surface area contributed by atoms with Crippen molar-refractivity contribution in [1.29, 1.82) is 0 Å². The number of piperidine rings is 1. The number of hydrogen-bond donors (Lipinski definition) is 1. The molecule has 0 amide bonds. The lowest BCUT2D eigenvalue weighted by atomic mass is 10.1. The molecular weight excluding hydrogens is 218 g/mol. The number of hydrogen-bond acceptors (Lipinski definition) is 4. The van der Waals surface area contributed by atoms with Gasteiger partial charge in [-0.1, -0.05) is 6.42 Å². The fourth-order valence-electron chi connectivity index (χ4n) is 2.20. The van der Waals surface area contributed by atoms with Crippen LogP contribution in [0.3, 0.4) is 0 Å². The average molecular weight is 239 g/mol. The maximum atomic E-state index is 4.28. The van der Waals surface area contributed by atoms with Gasteiger partial charge in [0, 0.05) is 30.7 Å². The van der Waals surface area contributed by atoms with Crippen LogP contribution >= 0.6 is 11.3 Å². The van der Waals surface area contributed by atoms with Gasteiger partial charge in [0.2, 0.25) is 0 Å². The van der Waals surface area contributed by atoms with Gasteiger partial charge in [-0.15, -0.1) is 11.3 Å². The van der Waals surface area contributed by atoms with E-state index in [9.17, 15) is 0 Å². The predicted octanol–water partition coefficient (Wildman–Crippen LogP) is 2.11. The molecule has 1 atom stereocenters. The van der Waals surface area contributed by atoms with Crippen molar-refractivity contribution in [3.63, 3.8) is 0 Å². The van der Waals surface area contributed by atoms with E-state index in [4.69, 9.17) is 0 Å². The zero-order valence-electron chi connectivity index (χ0n) is 9.98. The van der Waals surface area contributed by atoms with Crippen molar-refractivity contribution in [2.24, 2.45) is 0 Å². The lowest BCUT2D eigenvalue weighted by molar-refractivity contribution is 0.209. The van der Waals surface area contributed by atoms with Crippen LogP contribution in [0, 0.1) is 0 Å². The monoisotopic (exact) mass is 239 g/mol. The molecule has 3 nitrogen and oxygen atoms in total. The van der Waals surface area contributed by atoms with Crippen LogP contribution in [0.2, 0.25) is 0 Å². The Bertz CT molecular complexity index is 280. The van der Waals surface area contributed by atoms with Crippen molar-refractivity contribution in [2.75, 3.05) is 19.6 Å². The lowest BCUT2D eigenvalue weighted by Crippen LogP contribution is -2.41. The SMILES string of the molecule is CC(CN1CCCCC1)NCc1nccs1. The highest BCUT2D eigenvalue weighted by atomic mass is 32.1. The van der Waals surface area contributed by atoms with Crippen molar-refractivity contribution in [2.45, 2.75) is 38.8 Å². The van der Waals surface area contributed by atoms with E-state index in [2.05, 4.69) is 22.1 Å². The predicted molar refractivity (Wildman–Crippen MR) is 68.7 cm³/mol. The van der Waals surface area contributed by atoms with E-state index < -0.39 is 0 Å². The summed E-state index contributed by atoms with van der Waals surface area (Å²) < 4.78 is 0. The lowest BCUT2D eigenvalue weighted by Gasteiger charge is -2.29. The minimum atomic E-state index is 0.557. The summed E-state index contributed by atoms with van der Waals surface area (Å²) in [5, 5.41) is 6.76. The molecule has 90 valence electrons. The molecule has 0 radical (unpaired) electrons. The van der Waals surface area contributed by atoms with Gasteiger partial charge < -0.3 is 10.2 Å². The number of thiazole rings is 1. The quantitative estimate of drug-likeness (QED) is 0.853. The third-order valence-corrected chi connectivity index (χ3v) is 3.85. The molecule has 1 unspecified atom stereocenters. The van der Waals surface area contributed by atoms with E-state index in [1.165, 1.54) is 43.9 Å². The molecule has 1 saturated heterocycles. The minimum Gasteiger partial charge on any atom is -0.307 e. The van der Waals surface area contributed by atoms with Gasteiger partial charge in [-0.25, -0.2) is 4.98 Å². The molecule has 0 aliphatic carbocycles.